The van der Waals surface area contributed by atoms with Crippen LogP contribution in [0.2, 0.25) is 0 Å². The molecule has 2 heteroatoms. The molecule has 0 aliphatic carbocycles. The van der Waals surface area contributed by atoms with Crippen molar-refractivity contribution in [3.05, 3.63) is 67.2 Å². The molecule has 1 aromatic carbocycles. The van der Waals surface area contributed by atoms with Gasteiger partial charge in [-0.05, 0) is 18.6 Å². The van der Waals surface area contributed by atoms with E-state index >= 15 is 0 Å². The first kappa shape index (κ1) is 9.71. The maximum Gasteiger partial charge on any atom is 0.213 e. The lowest BCUT2D eigenvalue weighted by Crippen LogP contribution is -2.03. The summed E-state index contributed by atoms with van der Waals surface area (Å²) in [5.41, 5.74) is 1.04. The summed E-state index contributed by atoms with van der Waals surface area (Å²) in [5, 5.41) is 0. The predicted octanol–water partition coefficient (Wildman–Crippen LogP) is 3.04. The molecule has 1 radical (unpaired) electrons. The van der Waals surface area contributed by atoms with E-state index in [1.165, 1.54) is 0 Å². The predicted molar refractivity (Wildman–Crippen MR) is 59.4 cm³/mol. The van der Waals surface area contributed by atoms with E-state index in [1.54, 1.807) is 6.20 Å². The normalized spacial score (nSPS) is 12.1. The molecule has 1 heterocycles. The highest BCUT2D eigenvalue weighted by Crippen LogP contribution is 2.18. The fourth-order valence-electron chi connectivity index (χ4n) is 1.30. The van der Waals surface area contributed by atoms with Crippen LogP contribution in [-0.2, 0) is 0 Å². The summed E-state index contributed by atoms with van der Waals surface area (Å²) in [6, 6.07) is 15.4. The second-order valence-electron chi connectivity index (χ2n) is 3.19. The van der Waals surface area contributed by atoms with E-state index in [0.717, 1.165) is 5.56 Å². The summed E-state index contributed by atoms with van der Waals surface area (Å²) in [7, 11) is 0. The van der Waals surface area contributed by atoms with Crippen molar-refractivity contribution < 1.29 is 4.74 Å². The molecular formula is C13H12NO. The van der Waals surface area contributed by atoms with Gasteiger partial charge in [0.1, 0.15) is 6.10 Å². The Labute approximate surface area is 89.6 Å². The minimum atomic E-state index is -0.221. The summed E-state index contributed by atoms with van der Waals surface area (Å²) in [4.78, 5) is 4.08. The van der Waals surface area contributed by atoms with Gasteiger partial charge in [0.25, 0.3) is 0 Å². The number of aromatic nitrogens is 1. The first-order valence-corrected chi connectivity index (χ1v) is 4.82. The van der Waals surface area contributed by atoms with Crippen molar-refractivity contribution in [3.63, 3.8) is 0 Å². The second-order valence-corrected chi connectivity index (χ2v) is 3.19. The topological polar surface area (TPSA) is 22.1 Å². The van der Waals surface area contributed by atoms with Crippen LogP contribution < -0.4 is 4.74 Å². The zero-order chi connectivity index (χ0) is 10.5. The second kappa shape index (κ2) is 4.60. The summed E-state index contributed by atoms with van der Waals surface area (Å²) >= 11 is 0. The van der Waals surface area contributed by atoms with Gasteiger partial charge in [0.05, 0.1) is 0 Å². The van der Waals surface area contributed by atoms with E-state index in [9.17, 15) is 0 Å². The minimum Gasteiger partial charge on any atom is -0.469 e. The van der Waals surface area contributed by atoms with E-state index < -0.39 is 0 Å². The van der Waals surface area contributed by atoms with Crippen molar-refractivity contribution in [1.29, 1.82) is 0 Å². The molecule has 1 aromatic heterocycles. The fourth-order valence-corrected chi connectivity index (χ4v) is 1.30. The molecule has 0 aliphatic heterocycles. The van der Waals surface area contributed by atoms with E-state index in [1.807, 2.05) is 48.5 Å². The molecule has 0 N–H and O–H groups in total. The number of ether oxygens (including phenoxy) is 1. The average molecular weight is 198 g/mol. The first-order valence-electron chi connectivity index (χ1n) is 4.82. The van der Waals surface area contributed by atoms with Crippen LogP contribution in [0.25, 0.3) is 0 Å². The van der Waals surface area contributed by atoms with Gasteiger partial charge < -0.3 is 4.74 Å². The molecule has 0 aliphatic rings. The van der Waals surface area contributed by atoms with Gasteiger partial charge in [0, 0.05) is 12.3 Å². The van der Waals surface area contributed by atoms with Gasteiger partial charge in [-0.2, -0.15) is 0 Å². The third kappa shape index (κ3) is 2.56. The Kier molecular flexibility index (Phi) is 2.98. The molecule has 0 saturated carbocycles. The minimum absolute atomic E-state index is 0.221. The van der Waals surface area contributed by atoms with Gasteiger partial charge >= 0.3 is 0 Å². The zero-order valence-corrected chi connectivity index (χ0v) is 8.34. The SMILES string of the molecule is [CH2]C(Oc1ccccn1)c1ccccc1. The summed E-state index contributed by atoms with van der Waals surface area (Å²) in [6.45, 7) is 3.94. The Bertz CT molecular complexity index is 399. The zero-order valence-electron chi connectivity index (χ0n) is 8.34. The van der Waals surface area contributed by atoms with Crippen LogP contribution >= 0.6 is 0 Å². The Balaban J connectivity index is 2.08. The van der Waals surface area contributed by atoms with E-state index in [2.05, 4.69) is 11.9 Å². The maximum atomic E-state index is 5.58. The molecule has 75 valence electrons. The fraction of sp³-hybridized carbons (Fsp3) is 0.0769. The van der Waals surface area contributed by atoms with Gasteiger partial charge in [-0.15, -0.1) is 0 Å². The highest BCUT2D eigenvalue weighted by atomic mass is 16.5. The number of pyridine rings is 1. The average Bonchev–Trinajstić information content (AvgIpc) is 2.31. The van der Waals surface area contributed by atoms with Crippen molar-refractivity contribution in [2.75, 3.05) is 0 Å². The smallest absolute Gasteiger partial charge is 0.213 e. The van der Waals surface area contributed by atoms with Gasteiger partial charge in [0.2, 0.25) is 5.88 Å². The Hall–Kier alpha value is -1.83. The van der Waals surface area contributed by atoms with E-state index in [0.29, 0.717) is 5.88 Å². The van der Waals surface area contributed by atoms with Crippen molar-refractivity contribution >= 4 is 0 Å². The van der Waals surface area contributed by atoms with Gasteiger partial charge in [-0.3, -0.25) is 0 Å². The van der Waals surface area contributed by atoms with Gasteiger partial charge in [-0.1, -0.05) is 36.4 Å². The van der Waals surface area contributed by atoms with Crippen LogP contribution in [0.4, 0.5) is 0 Å². The van der Waals surface area contributed by atoms with E-state index in [4.69, 9.17) is 4.74 Å². The molecule has 15 heavy (non-hydrogen) atoms. The standard InChI is InChI=1S/C13H12NO/c1-11(12-7-3-2-4-8-12)15-13-9-5-6-10-14-13/h2-11H,1H2. The summed E-state index contributed by atoms with van der Waals surface area (Å²) in [6.07, 6.45) is 1.48. The lowest BCUT2D eigenvalue weighted by atomic mass is 10.1. The lowest BCUT2D eigenvalue weighted by Gasteiger charge is -2.13. The Morgan fingerprint density at radius 1 is 1.00 bits per heavy atom. The molecule has 2 nitrogen and oxygen atoms in total. The highest BCUT2D eigenvalue weighted by Gasteiger charge is 2.06. The molecule has 0 fully saturated rings. The number of benzene rings is 1. The number of rotatable bonds is 3. The molecule has 1 atom stereocenters. The largest absolute Gasteiger partial charge is 0.469 e. The maximum absolute atomic E-state index is 5.58. The molecular weight excluding hydrogens is 186 g/mol. The third-order valence-electron chi connectivity index (χ3n) is 2.07. The van der Waals surface area contributed by atoms with Gasteiger partial charge in [-0.25, -0.2) is 4.98 Å². The van der Waals surface area contributed by atoms with Crippen LogP contribution in [0, 0.1) is 6.92 Å². The third-order valence-corrected chi connectivity index (χ3v) is 2.07. The monoisotopic (exact) mass is 198 g/mol. The number of hydrogen-bond donors (Lipinski definition) is 0. The van der Waals surface area contributed by atoms with Crippen molar-refractivity contribution in [2.24, 2.45) is 0 Å². The quantitative estimate of drug-likeness (QED) is 0.756. The molecule has 2 rings (SSSR count). The van der Waals surface area contributed by atoms with Crippen molar-refractivity contribution in [3.8, 4) is 5.88 Å². The van der Waals surface area contributed by atoms with Crippen LogP contribution in [0.1, 0.15) is 11.7 Å². The van der Waals surface area contributed by atoms with Crippen LogP contribution in [0.5, 0.6) is 5.88 Å². The summed E-state index contributed by atoms with van der Waals surface area (Å²) < 4.78 is 5.58. The van der Waals surface area contributed by atoms with Crippen molar-refractivity contribution in [1.82, 2.24) is 4.98 Å². The number of nitrogens with zero attached hydrogens (tertiary/aromatic N) is 1. The molecule has 1 unspecified atom stereocenters. The van der Waals surface area contributed by atoms with Crippen LogP contribution in [-0.4, -0.2) is 4.98 Å². The number of hydrogen-bond acceptors (Lipinski definition) is 2. The molecule has 0 bridgehead atoms. The molecule has 0 spiro atoms. The van der Waals surface area contributed by atoms with Crippen LogP contribution in [0.3, 0.4) is 0 Å². The molecule has 0 amide bonds. The molecule has 0 saturated heterocycles. The molecule has 2 aromatic rings. The van der Waals surface area contributed by atoms with Gasteiger partial charge in [0.15, 0.2) is 0 Å². The Morgan fingerprint density at radius 3 is 2.40 bits per heavy atom. The summed E-state index contributed by atoms with van der Waals surface area (Å²) in [5.74, 6) is 0.598. The van der Waals surface area contributed by atoms with Crippen LogP contribution in [0.15, 0.2) is 54.7 Å². The Morgan fingerprint density at radius 2 is 1.73 bits per heavy atom. The van der Waals surface area contributed by atoms with Crippen molar-refractivity contribution in [2.45, 2.75) is 6.10 Å². The lowest BCUT2D eigenvalue weighted by molar-refractivity contribution is 0.242. The first-order chi connectivity index (χ1) is 7.36. The van der Waals surface area contributed by atoms with E-state index in [-0.39, 0.29) is 6.10 Å². The highest BCUT2D eigenvalue weighted by molar-refractivity contribution is 5.20.